The summed E-state index contributed by atoms with van der Waals surface area (Å²) in [6, 6.07) is 0. The zero-order chi connectivity index (χ0) is 3.41. The van der Waals surface area contributed by atoms with E-state index in [4.69, 9.17) is 0 Å². The molecule has 0 amide bonds. The Morgan fingerprint density at radius 1 is 2.00 bits per heavy atom. The first-order chi connectivity index (χ1) is 1.91. The van der Waals surface area contributed by atoms with E-state index in [9.17, 15) is 0 Å². The van der Waals surface area contributed by atoms with Gasteiger partial charge >= 0.3 is 0 Å². The van der Waals surface area contributed by atoms with Crippen molar-refractivity contribution in [2.24, 2.45) is 0 Å². The summed E-state index contributed by atoms with van der Waals surface area (Å²) in [4.78, 5) is 0. The van der Waals surface area contributed by atoms with Crippen molar-refractivity contribution in [1.82, 2.24) is 0 Å². The molecule has 0 bridgehead atoms. The number of hydrogen-bond acceptors (Lipinski definition) is 1. The standard InChI is InChI=1S/C2H4BrO/c1-4-2-3/h2H,1H3. The molecule has 0 aromatic rings. The monoisotopic (exact) mass is 123 g/mol. The Labute approximate surface area is 34.1 Å². The highest BCUT2D eigenvalue weighted by Gasteiger charge is 1.56. The third-order valence-corrected chi connectivity index (χ3v) is 0.463. The van der Waals surface area contributed by atoms with Gasteiger partial charge in [-0.2, -0.15) is 0 Å². The van der Waals surface area contributed by atoms with Crippen LogP contribution in [-0.4, -0.2) is 7.11 Å². The summed E-state index contributed by atoms with van der Waals surface area (Å²) < 4.78 is 4.33. The van der Waals surface area contributed by atoms with E-state index in [0.29, 0.717) is 0 Å². The molecule has 0 atom stereocenters. The average molecular weight is 124 g/mol. The Morgan fingerprint density at radius 3 is 2.25 bits per heavy atom. The Balaban J connectivity index is 1.97. The van der Waals surface area contributed by atoms with E-state index in [2.05, 4.69) is 20.7 Å². The van der Waals surface area contributed by atoms with Crippen molar-refractivity contribution in [2.75, 3.05) is 7.11 Å². The van der Waals surface area contributed by atoms with Crippen molar-refractivity contribution in [2.45, 2.75) is 0 Å². The third kappa shape index (κ3) is 2.44. The van der Waals surface area contributed by atoms with Crippen LogP contribution in [0.3, 0.4) is 0 Å². The number of halogens is 1. The van der Waals surface area contributed by atoms with E-state index in [1.807, 2.05) is 0 Å². The van der Waals surface area contributed by atoms with E-state index >= 15 is 0 Å². The third-order valence-electron chi connectivity index (χ3n) is 0.0891. The van der Waals surface area contributed by atoms with E-state index < -0.39 is 0 Å². The van der Waals surface area contributed by atoms with Gasteiger partial charge in [0, 0.05) is 7.11 Å². The van der Waals surface area contributed by atoms with Crippen molar-refractivity contribution >= 4 is 15.9 Å². The summed E-state index contributed by atoms with van der Waals surface area (Å²) in [5.74, 6) is 0. The molecule has 0 fully saturated rings. The van der Waals surface area contributed by atoms with Gasteiger partial charge in [0.1, 0.15) is 5.52 Å². The molecule has 0 spiro atoms. The van der Waals surface area contributed by atoms with Crippen LogP contribution in [0.15, 0.2) is 0 Å². The number of ether oxygens (including phenoxy) is 1. The summed E-state index contributed by atoms with van der Waals surface area (Å²) in [6.45, 7) is 0. The molecule has 25 valence electrons. The summed E-state index contributed by atoms with van der Waals surface area (Å²) in [5.41, 5.74) is 1.44. The normalized spacial score (nSPS) is 7.50. The van der Waals surface area contributed by atoms with Gasteiger partial charge in [-0.3, -0.25) is 0 Å². The van der Waals surface area contributed by atoms with Crippen molar-refractivity contribution in [3.8, 4) is 0 Å². The zero-order valence-corrected chi connectivity index (χ0v) is 3.95. The van der Waals surface area contributed by atoms with Crippen LogP contribution in [0, 0.1) is 5.52 Å². The molecule has 0 aliphatic heterocycles. The Kier molecular flexibility index (Phi) is 3.82. The summed E-state index contributed by atoms with van der Waals surface area (Å²) in [5, 5.41) is 0. The van der Waals surface area contributed by atoms with E-state index in [1.54, 1.807) is 7.11 Å². The van der Waals surface area contributed by atoms with E-state index in [1.165, 1.54) is 5.52 Å². The lowest BCUT2D eigenvalue weighted by Crippen LogP contribution is -1.59. The lowest BCUT2D eigenvalue weighted by atomic mass is 11.6. The SMILES string of the molecule is CO[CH]Br. The fraction of sp³-hybridized carbons (Fsp3) is 0.500. The number of methoxy groups -OCH3 is 1. The Morgan fingerprint density at radius 2 is 2.25 bits per heavy atom. The van der Waals surface area contributed by atoms with Gasteiger partial charge in [-0.1, -0.05) is 15.9 Å². The number of hydrogen-bond donors (Lipinski definition) is 0. The first-order valence-corrected chi connectivity index (χ1v) is 1.78. The Hall–Kier alpha value is 0.440. The highest BCUT2D eigenvalue weighted by atomic mass is 79.9. The molecule has 0 unspecified atom stereocenters. The molecular formula is C2H4BrO. The molecular weight excluding hydrogens is 120 g/mol. The lowest BCUT2D eigenvalue weighted by molar-refractivity contribution is 0.318. The van der Waals surface area contributed by atoms with Crippen molar-refractivity contribution in [3.63, 3.8) is 0 Å². The molecule has 0 saturated carbocycles. The molecule has 0 aliphatic rings. The number of rotatable bonds is 1. The van der Waals surface area contributed by atoms with Gasteiger partial charge in [0.05, 0.1) is 0 Å². The summed E-state index contributed by atoms with van der Waals surface area (Å²) in [6.07, 6.45) is 0. The lowest BCUT2D eigenvalue weighted by Gasteiger charge is -1.72. The molecule has 0 aromatic carbocycles. The van der Waals surface area contributed by atoms with Gasteiger partial charge in [0.2, 0.25) is 0 Å². The van der Waals surface area contributed by atoms with Crippen molar-refractivity contribution < 1.29 is 4.74 Å². The van der Waals surface area contributed by atoms with Gasteiger partial charge in [-0.15, -0.1) is 0 Å². The second kappa shape index (κ2) is 3.44. The smallest absolute Gasteiger partial charge is 0.148 e. The molecule has 0 N–H and O–H groups in total. The van der Waals surface area contributed by atoms with E-state index in [0.717, 1.165) is 0 Å². The molecule has 0 aliphatic carbocycles. The van der Waals surface area contributed by atoms with Crippen molar-refractivity contribution in [3.05, 3.63) is 5.52 Å². The van der Waals surface area contributed by atoms with Crippen LogP contribution in [0.4, 0.5) is 0 Å². The van der Waals surface area contributed by atoms with Gasteiger partial charge in [0.25, 0.3) is 0 Å². The molecule has 1 radical (unpaired) electrons. The molecule has 0 aromatic heterocycles. The summed E-state index contributed by atoms with van der Waals surface area (Å²) >= 11 is 2.90. The maximum absolute atomic E-state index is 4.33. The zero-order valence-electron chi connectivity index (χ0n) is 2.36. The summed E-state index contributed by atoms with van der Waals surface area (Å²) in [7, 11) is 1.58. The fourth-order valence-electron chi connectivity index (χ4n) is 0. The molecule has 0 saturated heterocycles. The van der Waals surface area contributed by atoms with Crippen LogP contribution < -0.4 is 0 Å². The molecule has 1 nitrogen and oxygen atoms in total. The quantitative estimate of drug-likeness (QED) is 0.509. The Bertz CT molecular complexity index is 8.00. The predicted octanol–water partition coefficient (Wildman–Crippen LogP) is 1.15. The van der Waals surface area contributed by atoms with Crippen LogP contribution in [-0.2, 0) is 4.74 Å². The highest BCUT2D eigenvalue weighted by Crippen LogP contribution is 1.82. The van der Waals surface area contributed by atoms with Gasteiger partial charge < -0.3 is 4.74 Å². The van der Waals surface area contributed by atoms with Crippen LogP contribution in [0.1, 0.15) is 0 Å². The molecule has 4 heavy (non-hydrogen) atoms. The second-order valence-electron chi connectivity index (χ2n) is 0.325. The second-order valence-corrected chi connectivity index (χ2v) is 0.699. The van der Waals surface area contributed by atoms with Crippen LogP contribution in [0.2, 0.25) is 0 Å². The van der Waals surface area contributed by atoms with Gasteiger partial charge in [-0.05, 0) is 0 Å². The van der Waals surface area contributed by atoms with Crippen LogP contribution >= 0.6 is 15.9 Å². The van der Waals surface area contributed by atoms with Gasteiger partial charge in [0.15, 0.2) is 0 Å². The minimum atomic E-state index is 1.44. The minimum Gasteiger partial charge on any atom is -0.367 e. The highest BCUT2D eigenvalue weighted by molar-refractivity contribution is 9.10. The van der Waals surface area contributed by atoms with E-state index in [-0.39, 0.29) is 0 Å². The van der Waals surface area contributed by atoms with Crippen LogP contribution in [0.25, 0.3) is 0 Å². The average Bonchev–Trinajstić information content (AvgIpc) is 1.37. The predicted molar refractivity (Wildman–Crippen MR) is 20.2 cm³/mol. The molecule has 0 rings (SSSR count). The minimum absolute atomic E-state index is 1.44. The topological polar surface area (TPSA) is 9.23 Å². The molecule has 2 heteroatoms. The van der Waals surface area contributed by atoms with Crippen molar-refractivity contribution in [1.29, 1.82) is 0 Å². The fourth-order valence-corrected chi connectivity index (χ4v) is 0. The van der Waals surface area contributed by atoms with Gasteiger partial charge in [-0.25, -0.2) is 0 Å². The van der Waals surface area contributed by atoms with Crippen LogP contribution in [0.5, 0.6) is 0 Å². The molecule has 0 heterocycles. The maximum atomic E-state index is 4.33. The maximum Gasteiger partial charge on any atom is 0.148 e. The largest absolute Gasteiger partial charge is 0.367 e. The first kappa shape index (κ1) is 4.44. The first-order valence-electron chi connectivity index (χ1n) is 0.862.